The van der Waals surface area contributed by atoms with Gasteiger partial charge in [-0.15, -0.1) is 0 Å². The highest BCUT2D eigenvalue weighted by Gasteiger charge is 2.07. The molecule has 4 nitrogen and oxygen atoms in total. The topological polar surface area (TPSA) is 57.9 Å². The molecular weight excluding hydrogens is 245 g/mol. The number of benzene rings is 1. The highest BCUT2D eigenvalue weighted by Crippen LogP contribution is 2.24. The van der Waals surface area contributed by atoms with Crippen molar-refractivity contribution in [3.63, 3.8) is 0 Å². The summed E-state index contributed by atoms with van der Waals surface area (Å²) in [7, 11) is 0. The molecule has 19 heavy (non-hydrogen) atoms. The molecule has 0 atom stereocenters. The van der Waals surface area contributed by atoms with Crippen LogP contribution in [-0.4, -0.2) is 11.5 Å². The number of nitriles is 1. The average molecular weight is 257 g/mol. The Morgan fingerprint density at radius 3 is 2.89 bits per heavy atom. The lowest BCUT2D eigenvalue weighted by molar-refractivity contribution is 0.428. The van der Waals surface area contributed by atoms with Gasteiger partial charge in [0, 0.05) is 12.6 Å². The monoisotopic (exact) mass is 257 g/mol. The van der Waals surface area contributed by atoms with Crippen LogP contribution in [0.5, 0.6) is 11.6 Å². The summed E-state index contributed by atoms with van der Waals surface area (Å²) < 4.78 is 19.0. The molecule has 0 bridgehead atoms. The molecule has 2 rings (SSSR count). The van der Waals surface area contributed by atoms with Gasteiger partial charge in [0.15, 0.2) is 11.6 Å². The summed E-state index contributed by atoms with van der Waals surface area (Å²) in [6.45, 7) is 2.69. The zero-order valence-corrected chi connectivity index (χ0v) is 10.4. The summed E-state index contributed by atoms with van der Waals surface area (Å²) in [6.07, 6.45) is 0. The van der Waals surface area contributed by atoms with E-state index < -0.39 is 5.82 Å². The zero-order valence-electron chi connectivity index (χ0n) is 10.4. The van der Waals surface area contributed by atoms with E-state index in [1.807, 2.05) is 13.0 Å². The van der Waals surface area contributed by atoms with E-state index in [0.29, 0.717) is 11.7 Å². The summed E-state index contributed by atoms with van der Waals surface area (Å²) >= 11 is 0. The van der Waals surface area contributed by atoms with Crippen LogP contribution in [-0.2, 0) is 0 Å². The van der Waals surface area contributed by atoms with E-state index in [9.17, 15) is 4.39 Å². The number of pyridine rings is 1. The van der Waals surface area contributed by atoms with Gasteiger partial charge in [-0.2, -0.15) is 10.2 Å². The summed E-state index contributed by atoms with van der Waals surface area (Å²) in [6, 6.07) is 11.1. The van der Waals surface area contributed by atoms with Gasteiger partial charge < -0.3 is 10.1 Å². The van der Waals surface area contributed by atoms with Gasteiger partial charge in [-0.25, -0.2) is 4.39 Å². The van der Waals surface area contributed by atoms with Crippen LogP contribution in [0.25, 0.3) is 0 Å². The lowest BCUT2D eigenvalue weighted by Crippen LogP contribution is -2.00. The van der Waals surface area contributed by atoms with Gasteiger partial charge in [0.05, 0.1) is 11.6 Å². The Hall–Kier alpha value is -2.61. The van der Waals surface area contributed by atoms with E-state index in [-0.39, 0.29) is 11.3 Å². The maximum atomic E-state index is 13.7. The molecule has 1 heterocycles. The Kier molecular flexibility index (Phi) is 3.94. The number of nitrogens with one attached hydrogen (secondary N) is 1. The van der Waals surface area contributed by atoms with Crippen molar-refractivity contribution in [1.29, 1.82) is 5.26 Å². The third-order valence-corrected chi connectivity index (χ3v) is 2.36. The second-order valence-corrected chi connectivity index (χ2v) is 3.75. The SMILES string of the molecule is CCNc1cccc(Oc2ccc(C#N)cc2F)n1. The first-order valence-corrected chi connectivity index (χ1v) is 5.81. The molecule has 2 aromatic rings. The number of halogens is 1. The minimum absolute atomic E-state index is 0.0418. The lowest BCUT2D eigenvalue weighted by Gasteiger charge is -2.08. The van der Waals surface area contributed by atoms with E-state index in [4.69, 9.17) is 10.00 Å². The number of anilines is 1. The maximum Gasteiger partial charge on any atom is 0.221 e. The van der Waals surface area contributed by atoms with Gasteiger partial charge in [0.25, 0.3) is 0 Å². The molecule has 96 valence electrons. The van der Waals surface area contributed by atoms with Crippen LogP contribution in [0.3, 0.4) is 0 Å². The fraction of sp³-hybridized carbons (Fsp3) is 0.143. The second-order valence-electron chi connectivity index (χ2n) is 3.75. The third kappa shape index (κ3) is 3.19. The normalized spacial score (nSPS) is 9.74. The van der Waals surface area contributed by atoms with Crippen molar-refractivity contribution < 1.29 is 9.13 Å². The minimum atomic E-state index is -0.588. The first-order chi connectivity index (χ1) is 9.22. The predicted octanol–water partition coefficient (Wildman–Crippen LogP) is 3.32. The number of rotatable bonds is 4. The first-order valence-electron chi connectivity index (χ1n) is 5.81. The first kappa shape index (κ1) is 12.8. The van der Waals surface area contributed by atoms with E-state index >= 15 is 0 Å². The predicted molar refractivity (Wildman–Crippen MR) is 69.6 cm³/mol. The van der Waals surface area contributed by atoms with Gasteiger partial charge in [-0.3, -0.25) is 0 Å². The largest absolute Gasteiger partial charge is 0.436 e. The van der Waals surface area contributed by atoms with Crippen molar-refractivity contribution >= 4 is 5.82 Å². The molecule has 0 aliphatic carbocycles. The van der Waals surface area contributed by atoms with Gasteiger partial charge in [-0.1, -0.05) is 6.07 Å². The number of aromatic nitrogens is 1. The fourth-order valence-electron chi connectivity index (χ4n) is 1.52. The Morgan fingerprint density at radius 1 is 1.37 bits per heavy atom. The van der Waals surface area contributed by atoms with Crippen molar-refractivity contribution in [2.75, 3.05) is 11.9 Å². The molecule has 1 aromatic heterocycles. The molecule has 0 saturated carbocycles. The Balaban J connectivity index is 2.21. The van der Waals surface area contributed by atoms with Crippen LogP contribution in [0.4, 0.5) is 10.2 Å². The van der Waals surface area contributed by atoms with E-state index in [2.05, 4.69) is 10.3 Å². The number of hydrogen-bond acceptors (Lipinski definition) is 4. The smallest absolute Gasteiger partial charge is 0.221 e. The molecule has 0 unspecified atom stereocenters. The van der Waals surface area contributed by atoms with Gasteiger partial charge in [0.1, 0.15) is 5.82 Å². The Labute approximate surface area is 110 Å². The van der Waals surface area contributed by atoms with Gasteiger partial charge in [-0.05, 0) is 31.2 Å². The van der Waals surface area contributed by atoms with Crippen LogP contribution < -0.4 is 10.1 Å². The molecule has 5 heteroatoms. The Bertz CT molecular complexity index is 622. The second kappa shape index (κ2) is 5.83. The van der Waals surface area contributed by atoms with Crippen LogP contribution in [0.1, 0.15) is 12.5 Å². The van der Waals surface area contributed by atoms with Crippen molar-refractivity contribution in [2.45, 2.75) is 6.92 Å². The zero-order chi connectivity index (χ0) is 13.7. The van der Waals surface area contributed by atoms with Gasteiger partial charge in [0.2, 0.25) is 5.88 Å². The fourth-order valence-corrected chi connectivity index (χ4v) is 1.52. The molecule has 1 N–H and O–H groups in total. The Morgan fingerprint density at radius 2 is 2.21 bits per heavy atom. The van der Waals surface area contributed by atoms with Crippen LogP contribution in [0.15, 0.2) is 36.4 Å². The molecule has 0 aliphatic rings. The van der Waals surface area contributed by atoms with Gasteiger partial charge >= 0.3 is 0 Å². The molecule has 0 fully saturated rings. The average Bonchev–Trinajstić information content (AvgIpc) is 2.42. The standard InChI is InChI=1S/C14H12FN3O/c1-2-17-13-4-3-5-14(18-13)19-12-7-6-10(9-16)8-11(12)15/h3-8H,2H2,1H3,(H,17,18). The van der Waals surface area contributed by atoms with Crippen LogP contribution in [0.2, 0.25) is 0 Å². The summed E-state index contributed by atoms with van der Waals surface area (Å²) in [4.78, 5) is 4.18. The summed E-state index contributed by atoms with van der Waals surface area (Å²) in [5.41, 5.74) is 0.249. The molecule has 1 aromatic carbocycles. The lowest BCUT2D eigenvalue weighted by atomic mass is 10.2. The van der Waals surface area contributed by atoms with Crippen LogP contribution in [0, 0.1) is 17.1 Å². The molecule has 0 saturated heterocycles. The molecule has 0 aliphatic heterocycles. The van der Waals surface area contributed by atoms with E-state index in [0.717, 1.165) is 12.6 Å². The summed E-state index contributed by atoms with van der Waals surface area (Å²) in [5, 5.41) is 11.7. The molecule has 0 amide bonds. The molecule has 0 radical (unpaired) electrons. The molecule has 0 spiro atoms. The number of hydrogen-bond donors (Lipinski definition) is 1. The van der Waals surface area contributed by atoms with Crippen LogP contribution >= 0.6 is 0 Å². The third-order valence-electron chi connectivity index (χ3n) is 2.36. The number of ether oxygens (including phenoxy) is 1. The minimum Gasteiger partial charge on any atom is -0.436 e. The number of nitrogens with zero attached hydrogens (tertiary/aromatic N) is 2. The highest BCUT2D eigenvalue weighted by atomic mass is 19.1. The van der Waals surface area contributed by atoms with Crippen molar-refractivity contribution in [2.24, 2.45) is 0 Å². The molecular formula is C14H12FN3O. The van der Waals surface area contributed by atoms with Crippen molar-refractivity contribution in [3.05, 3.63) is 47.8 Å². The summed E-state index contributed by atoms with van der Waals surface area (Å²) in [5.74, 6) is 0.408. The quantitative estimate of drug-likeness (QED) is 0.912. The maximum absolute atomic E-state index is 13.7. The highest BCUT2D eigenvalue weighted by molar-refractivity contribution is 5.40. The van der Waals surface area contributed by atoms with Crippen molar-refractivity contribution in [1.82, 2.24) is 4.98 Å². The van der Waals surface area contributed by atoms with Crippen molar-refractivity contribution in [3.8, 4) is 17.7 Å². The van der Waals surface area contributed by atoms with E-state index in [1.165, 1.54) is 12.1 Å². The van der Waals surface area contributed by atoms with E-state index in [1.54, 1.807) is 18.2 Å².